The second-order valence-electron chi connectivity index (χ2n) is 4.10. The molecule has 2 rings (SSSR count). The molecule has 0 atom stereocenters. The molecule has 1 aromatic heterocycles. The first-order chi connectivity index (χ1) is 8.97. The van der Waals surface area contributed by atoms with Crippen molar-refractivity contribution in [2.24, 2.45) is 0 Å². The molecule has 1 heterocycles. The predicted octanol–water partition coefficient (Wildman–Crippen LogP) is 3.01. The van der Waals surface area contributed by atoms with Gasteiger partial charge in [-0.15, -0.1) is 5.10 Å². The number of hydrogen-bond acceptors (Lipinski definition) is 3. The summed E-state index contributed by atoms with van der Waals surface area (Å²) in [6, 6.07) is 3.69. The van der Waals surface area contributed by atoms with Crippen molar-refractivity contribution in [3.8, 4) is 5.69 Å². The van der Waals surface area contributed by atoms with Crippen LogP contribution in [0.15, 0.2) is 22.8 Å². The Hall–Kier alpha value is -1.40. The van der Waals surface area contributed by atoms with Crippen LogP contribution in [0.25, 0.3) is 5.69 Å². The van der Waals surface area contributed by atoms with E-state index in [4.69, 9.17) is 16.7 Å². The minimum atomic E-state index is -0.853. The van der Waals surface area contributed by atoms with Crippen molar-refractivity contribution >= 4 is 33.5 Å². The molecule has 0 saturated heterocycles. The third kappa shape index (κ3) is 3.33. The average molecular weight is 345 g/mol. The molecular formula is C12H11BrClN3O2. The maximum atomic E-state index is 10.5. The highest BCUT2D eigenvalue weighted by Crippen LogP contribution is 2.27. The summed E-state index contributed by atoms with van der Waals surface area (Å²) in [5, 5.41) is 17.2. The van der Waals surface area contributed by atoms with E-state index >= 15 is 0 Å². The van der Waals surface area contributed by atoms with Gasteiger partial charge >= 0.3 is 5.97 Å². The van der Waals surface area contributed by atoms with E-state index in [0.717, 1.165) is 15.7 Å². The Kier molecular flexibility index (Phi) is 4.21. The minimum absolute atomic E-state index is 0.0362. The Bertz CT molecular complexity index is 627. The third-order valence-electron chi connectivity index (χ3n) is 2.61. The van der Waals surface area contributed by atoms with E-state index in [1.807, 2.05) is 13.0 Å². The van der Waals surface area contributed by atoms with Crippen molar-refractivity contribution in [1.29, 1.82) is 0 Å². The van der Waals surface area contributed by atoms with Gasteiger partial charge in [0.15, 0.2) is 0 Å². The molecule has 0 fully saturated rings. The number of benzene rings is 1. The van der Waals surface area contributed by atoms with Crippen LogP contribution >= 0.6 is 27.5 Å². The number of halogens is 2. The lowest BCUT2D eigenvalue weighted by molar-refractivity contribution is -0.136. The van der Waals surface area contributed by atoms with Gasteiger partial charge in [-0.3, -0.25) is 4.79 Å². The van der Waals surface area contributed by atoms with Gasteiger partial charge in [-0.2, -0.15) is 0 Å². The monoisotopic (exact) mass is 343 g/mol. The van der Waals surface area contributed by atoms with Crippen molar-refractivity contribution < 1.29 is 9.90 Å². The van der Waals surface area contributed by atoms with E-state index in [2.05, 4.69) is 26.2 Å². The number of carboxylic acid groups (broad SMARTS) is 1. The number of aryl methyl sites for hydroxylation is 2. The molecule has 0 radical (unpaired) electrons. The Morgan fingerprint density at radius 1 is 1.53 bits per heavy atom. The molecule has 1 N–H and O–H groups in total. The lowest BCUT2D eigenvalue weighted by Gasteiger charge is -2.06. The smallest absolute Gasteiger partial charge is 0.303 e. The normalized spacial score (nSPS) is 10.7. The highest BCUT2D eigenvalue weighted by molar-refractivity contribution is 9.10. The Morgan fingerprint density at radius 2 is 2.26 bits per heavy atom. The maximum Gasteiger partial charge on any atom is 0.303 e. The first-order valence-electron chi connectivity index (χ1n) is 5.56. The van der Waals surface area contributed by atoms with E-state index in [1.54, 1.807) is 16.9 Å². The Balaban J connectivity index is 2.27. The van der Waals surface area contributed by atoms with Gasteiger partial charge in [-0.05, 0) is 40.5 Å². The third-order valence-corrected chi connectivity index (χ3v) is 3.65. The highest BCUT2D eigenvalue weighted by atomic mass is 79.9. The van der Waals surface area contributed by atoms with Gasteiger partial charge < -0.3 is 5.11 Å². The summed E-state index contributed by atoms with van der Waals surface area (Å²) in [7, 11) is 0. The molecule has 100 valence electrons. The zero-order valence-corrected chi connectivity index (χ0v) is 12.4. The molecule has 0 saturated carbocycles. The summed E-state index contributed by atoms with van der Waals surface area (Å²) < 4.78 is 2.43. The first kappa shape index (κ1) is 14.0. The number of carbonyl (C=O) groups is 1. The fourth-order valence-electron chi connectivity index (χ4n) is 1.58. The van der Waals surface area contributed by atoms with Crippen LogP contribution in [0, 0.1) is 6.92 Å². The molecule has 0 aliphatic heterocycles. The quantitative estimate of drug-likeness (QED) is 0.926. The SMILES string of the molecule is Cc1cc(Br)c(-n2cc(CCC(=O)O)nn2)cc1Cl. The lowest BCUT2D eigenvalue weighted by atomic mass is 10.2. The summed E-state index contributed by atoms with van der Waals surface area (Å²) >= 11 is 9.53. The van der Waals surface area contributed by atoms with Gasteiger partial charge in [-0.1, -0.05) is 16.8 Å². The van der Waals surface area contributed by atoms with Crippen molar-refractivity contribution in [3.63, 3.8) is 0 Å². The maximum absolute atomic E-state index is 10.5. The van der Waals surface area contributed by atoms with E-state index in [0.29, 0.717) is 17.1 Å². The van der Waals surface area contributed by atoms with Gasteiger partial charge in [0.1, 0.15) is 0 Å². The molecule has 2 aromatic rings. The average Bonchev–Trinajstić information content (AvgIpc) is 2.80. The summed E-state index contributed by atoms with van der Waals surface area (Å²) in [6.45, 7) is 1.91. The molecule has 0 unspecified atom stereocenters. The predicted molar refractivity (Wildman–Crippen MR) is 74.8 cm³/mol. The summed E-state index contributed by atoms with van der Waals surface area (Å²) in [6.07, 6.45) is 2.09. The number of rotatable bonds is 4. The lowest BCUT2D eigenvalue weighted by Crippen LogP contribution is -1.98. The fourth-order valence-corrected chi connectivity index (χ4v) is 2.37. The minimum Gasteiger partial charge on any atom is -0.481 e. The summed E-state index contributed by atoms with van der Waals surface area (Å²) in [5.74, 6) is -0.853. The summed E-state index contributed by atoms with van der Waals surface area (Å²) in [5.41, 5.74) is 2.36. The second-order valence-corrected chi connectivity index (χ2v) is 5.36. The molecule has 0 spiro atoms. The van der Waals surface area contributed by atoms with Crippen LogP contribution < -0.4 is 0 Å². The largest absolute Gasteiger partial charge is 0.481 e. The fraction of sp³-hybridized carbons (Fsp3) is 0.250. The Morgan fingerprint density at radius 3 is 2.95 bits per heavy atom. The molecule has 19 heavy (non-hydrogen) atoms. The van der Waals surface area contributed by atoms with Crippen LogP contribution in [0.5, 0.6) is 0 Å². The van der Waals surface area contributed by atoms with Crippen LogP contribution in [0.4, 0.5) is 0 Å². The zero-order chi connectivity index (χ0) is 14.0. The number of nitrogens with zero attached hydrogens (tertiary/aromatic N) is 3. The molecule has 1 aromatic carbocycles. The van der Waals surface area contributed by atoms with E-state index in [-0.39, 0.29) is 6.42 Å². The molecular weight excluding hydrogens is 334 g/mol. The van der Waals surface area contributed by atoms with Crippen LogP contribution in [-0.4, -0.2) is 26.1 Å². The number of carboxylic acids is 1. The molecule has 0 aliphatic carbocycles. The first-order valence-corrected chi connectivity index (χ1v) is 6.73. The van der Waals surface area contributed by atoms with Gasteiger partial charge in [0.25, 0.3) is 0 Å². The topological polar surface area (TPSA) is 68.0 Å². The van der Waals surface area contributed by atoms with Crippen molar-refractivity contribution in [3.05, 3.63) is 39.1 Å². The van der Waals surface area contributed by atoms with Crippen LogP contribution in [0.1, 0.15) is 17.7 Å². The molecule has 0 bridgehead atoms. The Labute approximate surface area is 123 Å². The van der Waals surface area contributed by atoms with Gasteiger partial charge in [0.05, 0.1) is 24.0 Å². The second kappa shape index (κ2) is 5.71. The van der Waals surface area contributed by atoms with Crippen molar-refractivity contribution in [1.82, 2.24) is 15.0 Å². The van der Waals surface area contributed by atoms with Gasteiger partial charge in [-0.25, -0.2) is 4.68 Å². The van der Waals surface area contributed by atoms with E-state index < -0.39 is 5.97 Å². The van der Waals surface area contributed by atoms with Gasteiger partial charge in [0.2, 0.25) is 0 Å². The molecule has 0 amide bonds. The van der Waals surface area contributed by atoms with Crippen molar-refractivity contribution in [2.75, 3.05) is 0 Å². The van der Waals surface area contributed by atoms with Gasteiger partial charge in [0, 0.05) is 15.9 Å². The molecule has 7 heteroatoms. The standard InChI is InChI=1S/C12H11BrClN3O2/c1-7-4-9(13)11(5-10(7)14)17-6-8(15-16-17)2-3-12(18)19/h4-6H,2-3H2,1H3,(H,18,19). The number of hydrogen-bond donors (Lipinski definition) is 1. The van der Waals surface area contributed by atoms with E-state index in [1.165, 1.54) is 0 Å². The van der Waals surface area contributed by atoms with Crippen LogP contribution in [-0.2, 0) is 11.2 Å². The zero-order valence-electron chi connectivity index (χ0n) is 10.1. The highest BCUT2D eigenvalue weighted by Gasteiger charge is 2.10. The van der Waals surface area contributed by atoms with Crippen molar-refractivity contribution in [2.45, 2.75) is 19.8 Å². The molecule has 0 aliphatic rings. The molecule has 5 nitrogen and oxygen atoms in total. The number of aliphatic carboxylic acids is 1. The number of aromatic nitrogens is 3. The van der Waals surface area contributed by atoms with Crippen LogP contribution in [0.2, 0.25) is 5.02 Å². The van der Waals surface area contributed by atoms with E-state index in [9.17, 15) is 4.79 Å². The van der Waals surface area contributed by atoms with Crippen LogP contribution in [0.3, 0.4) is 0 Å². The summed E-state index contributed by atoms with van der Waals surface area (Å²) in [4.78, 5) is 10.5.